The molecule has 0 aromatic carbocycles. The van der Waals surface area contributed by atoms with E-state index >= 15 is 0 Å². The Morgan fingerprint density at radius 3 is 2.43 bits per heavy atom. The highest BCUT2D eigenvalue weighted by molar-refractivity contribution is 9.10. The second-order valence-electron chi connectivity index (χ2n) is 5.47. The van der Waals surface area contributed by atoms with Crippen LogP contribution in [-0.2, 0) is 9.53 Å². The van der Waals surface area contributed by atoms with Crippen molar-refractivity contribution in [1.82, 2.24) is 15.6 Å². The van der Waals surface area contributed by atoms with Gasteiger partial charge in [-0.2, -0.15) is 0 Å². The van der Waals surface area contributed by atoms with Crippen molar-refractivity contribution in [3.05, 3.63) is 22.4 Å². The molecule has 21 heavy (non-hydrogen) atoms. The van der Waals surface area contributed by atoms with Gasteiger partial charge in [0.2, 0.25) is 0 Å². The monoisotopic (exact) mass is 359 g/mol. The van der Waals surface area contributed by atoms with Crippen molar-refractivity contribution in [2.45, 2.75) is 39.3 Å². The molecule has 0 spiro atoms. The summed E-state index contributed by atoms with van der Waals surface area (Å²) in [6.45, 7) is 6.73. The van der Waals surface area contributed by atoms with E-state index in [0.29, 0.717) is 4.47 Å². The van der Waals surface area contributed by atoms with Gasteiger partial charge in [0.1, 0.15) is 5.69 Å². The Kier molecular flexibility index (Phi) is 5.54. The fraction of sp³-hybridized carbons (Fsp3) is 0.462. The van der Waals surface area contributed by atoms with E-state index in [1.54, 1.807) is 27.0 Å². The van der Waals surface area contributed by atoms with E-state index in [-0.39, 0.29) is 5.69 Å². The van der Waals surface area contributed by atoms with E-state index in [1.807, 2.05) is 0 Å². The van der Waals surface area contributed by atoms with Crippen molar-refractivity contribution >= 4 is 33.8 Å². The highest BCUT2D eigenvalue weighted by Crippen LogP contribution is 2.12. The molecule has 0 aliphatic rings. The first kappa shape index (κ1) is 17.2. The molecule has 3 N–H and O–H groups in total. The number of nitrogens with one attached hydrogen (secondary N) is 3. The zero-order chi connectivity index (χ0) is 16.2. The van der Waals surface area contributed by atoms with Gasteiger partial charge >= 0.3 is 12.0 Å². The largest absolute Gasteiger partial charge is 0.448 e. The van der Waals surface area contributed by atoms with Crippen LogP contribution in [0.25, 0.3) is 0 Å². The van der Waals surface area contributed by atoms with Crippen LogP contribution < -0.4 is 10.6 Å². The summed E-state index contributed by atoms with van der Waals surface area (Å²) in [5, 5.41) is 4.68. The minimum atomic E-state index is -1.09. The summed E-state index contributed by atoms with van der Waals surface area (Å²) in [5.74, 6) is -1.38. The molecule has 0 saturated heterocycles. The first-order valence-corrected chi connectivity index (χ1v) is 7.05. The van der Waals surface area contributed by atoms with Crippen molar-refractivity contribution in [1.29, 1.82) is 0 Å². The number of amides is 3. The van der Waals surface area contributed by atoms with Crippen molar-refractivity contribution in [3.8, 4) is 0 Å². The molecular weight excluding hydrogens is 342 g/mol. The van der Waals surface area contributed by atoms with Crippen LogP contribution in [0.4, 0.5) is 4.79 Å². The Labute approximate surface area is 130 Å². The first-order chi connectivity index (χ1) is 9.58. The number of hydrogen-bond donors (Lipinski definition) is 3. The van der Waals surface area contributed by atoms with E-state index in [0.717, 1.165) is 0 Å². The third-order valence-corrected chi connectivity index (χ3v) is 2.70. The standard InChI is InChI=1S/C13H18BrN3O4/c1-7(10(18)16-12(20)17-13(2,3)4)21-11(19)9-5-8(14)6-15-9/h5-7,15H,1-4H3,(H2,16,17,18,20). The maximum atomic E-state index is 11.7. The smallest absolute Gasteiger partial charge is 0.355 e. The number of carbonyl (C=O) groups is 3. The SMILES string of the molecule is CC(OC(=O)c1cc(Br)c[nH]1)C(=O)NC(=O)NC(C)(C)C. The number of ether oxygens (including phenoxy) is 1. The predicted molar refractivity (Wildman–Crippen MR) is 79.8 cm³/mol. The summed E-state index contributed by atoms with van der Waals surface area (Å²) in [4.78, 5) is 37.7. The number of esters is 1. The summed E-state index contributed by atoms with van der Waals surface area (Å²) in [6, 6.07) is 0.886. The Morgan fingerprint density at radius 2 is 1.95 bits per heavy atom. The highest BCUT2D eigenvalue weighted by Gasteiger charge is 2.23. The van der Waals surface area contributed by atoms with E-state index in [4.69, 9.17) is 4.74 Å². The summed E-state index contributed by atoms with van der Waals surface area (Å²) in [7, 11) is 0. The minimum absolute atomic E-state index is 0.209. The van der Waals surface area contributed by atoms with E-state index < -0.39 is 29.6 Å². The van der Waals surface area contributed by atoms with Crippen LogP contribution in [-0.4, -0.2) is 34.5 Å². The fourth-order valence-electron chi connectivity index (χ4n) is 1.35. The van der Waals surface area contributed by atoms with Gasteiger partial charge in [-0.3, -0.25) is 10.1 Å². The molecule has 8 heteroatoms. The maximum Gasteiger partial charge on any atom is 0.355 e. The van der Waals surface area contributed by atoms with Gasteiger partial charge in [0.15, 0.2) is 6.10 Å². The summed E-state index contributed by atoms with van der Waals surface area (Å²) in [6.07, 6.45) is 0.475. The third-order valence-electron chi connectivity index (χ3n) is 2.25. The second kappa shape index (κ2) is 6.75. The average Bonchev–Trinajstić information content (AvgIpc) is 2.73. The Balaban J connectivity index is 2.51. The summed E-state index contributed by atoms with van der Waals surface area (Å²) >= 11 is 3.18. The molecule has 1 atom stereocenters. The first-order valence-electron chi connectivity index (χ1n) is 6.26. The molecule has 1 rings (SSSR count). The number of H-pyrrole nitrogens is 1. The second-order valence-corrected chi connectivity index (χ2v) is 6.39. The zero-order valence-electron chi connectivity index (χ0n) is 12.2. The number of imide groups is 1. The normalized spacial score (nSPS) is 12.4. The number of carbonyl (C=O) groups excluding carboxylic acids is 3. The molecule has 1 heterocycles. The van der Waals surface area contributed by atoms with Crippen LogP contribution >= 0.6 is 15.9 Å². The molecule has 0 radical (unpaired) electrons. The number of aromatic amines is 1. The van der Waals surface area contributed by atoms with Gasteiger partial charge in [-0.1, -0.05) is 0 Å². The Hall–Kier alpha value is -1.83. The van der Waals surface area contributed by atoms with Crippen molar-refractivity contribution in [3.63, 3.8) is 0 Å². The zero-order valence-corrected chi connectivity index (χ0v) is 13.8. The van der Waals surface area contributed by atoms with E-state index in [2.05, 4.69) is 31.5 Å². The van der Waals surface area contributed by atoms with Crippen LogP contribution in [0.5, 0.6) is 0 Å². The fourth-order valence-corrected chi connectivity index (χ4v) is 1.69. The van der Waals surface area contributed by atoms with Gasteiger partial charge in [0.25, 0.3) is 5.91 Å². The van der Waals surface area contributed by atoms with E-state index in [1.165, 1.54) is 13.0 Å². The minimum Gasteiger partial charge on any atom is -0.448 e. The van der Waals surface area contributed by atoms with Crippen LogP contribution in [0.1, 0.15) is 38.2 Å². The molecular formula is C13H18BrN3O4. The molecule has 0 saturated carbocycles. The van der Waals surface area contributed by atoms with Crippen LogP contribution in [0.15, 0.2) is 16.7 Å². The molecule has 1 unspecified atom stereocenters. The Bertz CT molecular complexity index is 548. The van der Waals surface area contributed by atoms with Gasteiger partial charge in [-0.25, -0.2) is 9.59 Å². The molecule has 116 valence electrons. The molecule has 1 aromatic heterocycles. The van der Waals surface area contributed by atoms with Gasteiger partial charge < -0.3 is 15.0 Å². The molecule has 7 nitrogen and oxygen atoms in total. The lowest BCUT2D eigenvalue weighted by molar-refractivity contribution is -0.127. The van der Waals surface area contributed by atoms with Gasteiger partial charge in [0, 0.05) is 16.2 Å². The molecule has 3 amide bonds. The molecule has 0 fully saturated rings. The molecule has 0 aliphatic carbocycles. The molecule has 1 aromatic rings. The third kappa shape index (κ3) is 5.99. The number of hydrogen-bond acceptors (Lipinski definition) is 4. The highest BCUT2D eigenvalue weighted by atomic mass is 79.9. The lowest BCUT2D eigenvalue weighted by Gasteiger charge is -2.21. The van der Waals surface area contributed by atoms with Crippen molar-refractivity contribution in [2.24, 2.45) is 0 Å². The molecule has 0 aliphatic heterocycles. The van der Waals surface area contributed by atoms with Crippen LogP contribution in [0.3, 0.4) is 0 Å². The van der Waals surface area contributed by atoms with Gasteiger partial charge in [-0.05, 0) is 49.7 Å². The topological polar surface area (TPSA) is 100 Å². The van der Waals surface area contributed by atoms with Crippen molar-refractivity contribution in [2.75, 3.05) is 0 Å². The summed E-state index contributed by atoms with van der Waals surface area (Å²) < 4.78 is 5.65. The average molecular weight is 360 g/mol. The predicted octanol–water partition coefficient (Wildman–Crippen LogP) is 1.95. The van der Waals surface area contributed by atoms with Gasteiger partial charge in [-0.15, -0.1) is 0 Å². The van der Waals surface area contributed by atoms with Crippen LogP contribution in [0.2, 0.25) is 0 Å². The lowest BCUT2D eigenvalue weighted by atomic mass is 10.1. The maximum absolute atomic E-state index is 11.7. The van der Waals surface area contributed by atoms with Gasteiger partial charge in [0.05, 0.1) is 0 Å². The number of urea groups is 1. The number of rotatable bonds is 3. The van der Waals surface area contributed by atoms with Crippen molar-refractivity contribution < 1.29 is 19.1 Å². The Morgan fingerprint density at radius 1 is 1.33 bits per heavy atom. The quantitative estimate of drug-likeness (QED) is 0.718. The summed E-state index contributed by atoms with van der Waals surface area (Å²) in [5.41, 5.74) is -0.262. The van der Waals surface area contributed by atoms with Crippen LogP contribution in [0, 0.1) is 0 Å². The van der Waals surface area contributed by atoms with E-state index in [9.17, 15) is 14.4 Å². The molecule has 0 bridgehead atoms. The lowest BCUT2D eigenvalue weighted by Crippen LogP contribution is -2.50. The number of halogens is 1. The number of aromatic nitrogens is 1.